The average Bonchev–Trinajstić information content (AvgIpc) is 2.81. The zero-order chi connectivity index (χ0) is 17.9. The van der Waals surface area contributed by atoms with E-state index in [2.05, 4.69) is 63.8 Å². The van der Waals surface area contributed by atoms with E-state index in [9.17, 15) is 0 Å². The summed E-state index contributed by atoms with van der Waals surface area (Å²) in [6, 6.07) is 17.6. The topological polar surface area (TPSA) is 89.8 Å². The second kappa shape index (κ2) is 7.14. The Hall–Kier alpha value is -2.92. The van der Waals surface area contributed by atoms with Gasteiger partial charge in [-0.05, 0) is 41.5 Å². The van der Waals surface area contributed by atoms with Crippen LogP contribution in [0.2, 0.25) is 0 Å². The van der Waals surface area contributed by atoms with Crippen molar-refractivity contribution in [1.82, 2.24) is 15.3 Å². The van der Waals surface area contributed by atoms with Crippen LogP contribution in [0.1, 0.15) is 33.9 Å². The van der Waals surface area contributed by atoms with E-state index in [1.807, 2.05) is 0 Å². The highest BCUT2D eigenvalue weighted by Crippen LogP contribution is 2.32. The van der Waals surface area contributed by atoms with Gasteiger partial charge in [0.2, 0.25) is 5.95 Å². The van der Waals surface area contributed by atoms with Gasteiger partial charge in [-0.2, -0.15) is 4.98 Å². The van der Waals surface area contributed by atoms with E-state index in [-0.39, 0.29) is 12.0 Å². The minimum Gasteiger partial charge on any atom is -0.383 e. The number of nitrogen functional groups attached to an aromatic ring is 2. The van der Waals surface area contributed by atoms with Crippen molar-refractivity contribution in [1.29, 1.82) is 0 Å². The fraction of sp³-hybridized carbons (Fsp3) is 0.238. The van der Waals surface area contributed by atoms with Crippen LogP contribution >= 0.6 is 0 Å². The smallest absolute Gasteiger partial charge is 0.221 e. The van der Waals surface area contributed by atoms with Crippen molar-refractivity contribution in [2.24, 2.45) is 0 Å². The molecule has 0 fully saturated rings. The largest absolute Gasteiger partial charge is 0.383 e. The molecule has 26 heavy (non-hydrogen) atoms. The molecule has 5 heteroatoms. The van der Waals surface area contributed by atoms with Gasteiger partial charge >= 0.3 is 0 Å². The van der Waals surface area contributed by atoms with E-state index in [1.165, 1.54) is 22.3 Å². The number of anilines is 2. The fourth-order valence-corrected chi connectivity index (χ4v) is 3.72. The lowest BCUT2D eigenvalue weighted by atomic mass is 9.94. The van der Waals surface area contributed by atoms with Gasteiger partial charge in [-0.15, -0.1) is 0 Å². The molecule has 1 aromatic heterocycles. The van der Waals surface area contributed by atoms with Gasteiger partial charge in [-0.3, -0.25) is 0 Å². The Morgan fingerprint density at radius 2 is 1.54 bits per heavy atom. The van der Waals surface area contributed by atoms with Gasteiger partial charge in [0.15, 0.2) is 0 Å². The van der Waals surface area contributed by atoms with Crippen molar-refractivity contribution in [3.8, 4) is 0 Å². The summed E-state index contributed by atoms with van der Waals surface area (Å²) >= 11 is 0. The molecule has 0 aliphatic heterocycles. The van der Waals surface area contributed by atoms with Gasteiger partial charge in [0.1, 0.15) is 5.82 Å². The predicted molar refractivity (Wildman–Crippen MR) is 105 cm³/mol. The molecule has 0 amide bonds. The SMILES string of the molecule is Nc1ncc(CCNC2c3ccccc3CCc3ccccc32)c(N)n1. The molecule has 132 valence electrons. The van der Waals surface area contributed by atoms with E-state index in [0.717, 1.165) is 31.4 Å². The number of nitrogens with one attached hydrogen (secondary N) is 1. The van der Waals surface area contributed by atoms with Crippen molar-refractivity contribution in [2.45, 2.75) is 25.3 Å². The highest BCUT2D eigenvalue weighted by atomic mass is 15.0. The maximum absolute atomic E-state index is 5.96. The van der Waals surface area contributed by atoms with Gasteiger partial charge in [0.05, 0.1) is 6.04 Å². The maximum Gasteiger partial charge on any atom is 0.221 e. The third kappa shape index (κ3) is 3.26. The zero-order valence-corrected chi connectivity index (χ0v) is 14.7. The highest BCUT2D eigenvalue weighted by Gasteiger charge is 2.22. The summed E-state index contributed by atoms with van der Waals surface area (Å²) in [7, 11) is 0. The minimum atomic E-state index is 0.181. The molecule has 2 aromatic carbocycles. The van der Waals surface area contributed by atoms with Crippen LogP contribution in [-0.2, 0) is 19.3 Å². The number of nitrogens with zero attached hydrogens (tertiary/aromatic N) is 2. The van der Waals surface area contributed by atoms with Crippen LogP contribution in [0.4, 0.5) is 11.8 Å². The molecule has 1 aliphatic carbocycles. The zero-order valence-electron chi connectivity index (χ0n) is 14.7. The molecule has 5 N–H and O–H groups in total. The number of benzene rings is 2. The number of hydrogen-bond acceptors (Lipinski definition) is 5. The monoisotopic (exact) mass is 345 g/mol. The van der Waals surface area contributed by atoms with Gasteiger partial charge in [-0.1, -0.05) is 48.5 Å². The number of hydrogen-bond donors (Lipinski definition) is 3. The predicted octanol–water partition coefficient (Wildman–Crippen LogP) is 2.66. The summed E-state index contributed by atoms with van der Waals surface area (Å²) in [5, 5.41) is 3.72. The second-order valence-electron chi connectivity index (χ2n) is 6.67. The van der Waals surface area contributed by atoms with Gasteiger partial charge in [0, 0.05) is 18.3 Å². The summed E-state index contributed by atoms with van der Waals surface area (Å²) in [5.41, 5.74) is 18.0. The molecule has 0 bridgehead atoms. The lowest BCUT2D eigenvalue weighted by Crippen LogP contribution is -2.26. The second-order valence-corrected chi connectivity index (χ2v) is 6.67. The Kier molecular flexibility index (Phi) is 4.54. The Morgan fingerprint density at radius 3 is 2.15 bits per heavy atom. The molecule has 4 rings (SSSR count). The number of aryl methyl sites for hydroxylation is 2. The third-order valence-electron chi connectivity index (χ3n) is 5.06. The Balaban J connectivity index is 1.59. The van der Waals surface area contributed by atoms with Crippen molar-refractivity contribution in [3.63, 3.8) is 0 Å². The van der Waals surface area contributed by atoms with Crippen LogP contribution in [-0.4, -0.2) is 16.5 Å². The van der Waals surface area contributed by atoms with Crippen LogP contribution in [0.25, 0.3) is 0 Å². The standard InChI is InChI=1S/C21H23N5/c22-20-16(13-25-21(23)26-20)11-12-24-19-17-7-3-1-5-14(17)9-10-15-6-2-4-8-18(15)19/h1-8,13,19,24H,9-12H2,(H4,22,23,25,26). The van der Waals surface area contributed by atoms with Crippen molar-refractivity contribution in [3.05, 3.63) is 82.5 Å². The Bertz CT molecular complexity index is 874. The summed E-state index contributed by atoms with van der Waals surface area (Å²) in [6.07, 6.45) is 4.62. The first-order chi connectivity index (χ1) is 12.7. The number of rotatable bonds is 4. The van der Waals surface area contributed by atoms with Crippen LogP contribution in [0.15, 0.2) is 54.7 Å². The lowest BCUT2D eigenvalue weighted by molar-refractivity contribution is 0.603. The van der Waals surface area contributed by atoms with E-state index in [0.29, 0.717) is 5.82 Å². The maximum atomic E-state index is 5.96. The van der Waals surface area contributed by atoms with Crippen molar-refractivity contribution in [2.75, 3.05) is 18.0 Å². The van der Waals surface area contributed by atoms with Crippen molar-refractivity contribution < 1.29 is 0 Å². The first kappa shape index (κ1) is 16.5. The highest BCUT2D eigenvalue weighted by molar-refractivity contribution is 5.45. The number of fused-ring (bicyclic) bond motifs is 2. The summed E-state index contributed by atoms with van der Waals surface area (Å²) in [5.74, 6) is 0.673. The van der Waals surface area contributed by atoms with E-state index in [1.54, 1.807) is 6.20 Å². The number of nitrogens with two attached hydrogens (primary N) is 2. The molecule has 1 heterocycles. The van der Waals surface area contributed by atoms with Gasteiger partial charge in [0.25, 0.3) is 0 Å². The number of aromatic nitrogens is 2. The molecule has 0 saturated carbocycles. The van der Waals surface area contributed by atoms with Crippen LogP contribution < -0.4 is 16.8 Å². The summed E-state index contributed by atoms with van der Waals surface area (Å²) in [6.45, 7) is 0.783. The molecular formula is C21H23N5. The third-order valence-corrected chi connectivity index (χ3v) is 5.06. The minimum absolute atomic E-state index is 0.181. The quantitative estimate of drug-likeness (QED) is 0.676. The Labute approximate surface area is 153 Å². The van der Waals surface area contributed by atoms with Crippen LogP contribution in [0.3, 0.4) is 0 Å². The van der Waals surface area contributed by atoms with E-state index < -0.39 is 0 Å². The molecular weight excluding hydrogens is 322 g/mol. The Morgan fingerprint density at radius 1 is 0.923 bits per heavy atom. The van der Waals surface area contributed by atoms with Gasteiger partial charge in [-0.25, -0.2) is 4.98 Å². The van der Waals surface area contributed by atoms with E-state index in [4.69, 9.17) is 11.5 Å². The molecule has 5 nitrogen and oxygen atoms in total. The molecule has 0 unspecified atom stereocenters. The molecule has 1 aliphatic rings. The van der Waals surface area contributed by atoms with Gasteiger partial charge < -0.3 is 16.8 Å². The summed E-state index contributed by atoms with van der Waals surface area (Å²) < 4.78 is 0. The molecule has 0 atom stereocenters. The normalized spacial score (nSPS) is 13.7. The van der Waals surface area contributed by atoms with Crippen LogP contribution in [0.5, 0.6) is 0 Å². The van der Waals surface area contributed by atoms with Crippen LogP contribution in [0, 0.1) is 0 Å². The fourth-order valence-electron chi connectivity index (χ4n) is 3.72. The molecule has 0 spiro atoms. The first-order valence-electron chi connectivity index (χ1n) is 8.98. The lowest BCUT2D eigenvalue weighted by Gasteiger charge is -2.22. The van der Waals surface area contributed by atoms with E-state index >= 15 is 0 Å². The molecule has 3 aromatic rings. The molecule has 0 saturated heterocycles. The average molecular weight is 345 g/mol. The molecule has 0 radical (unpaired) electrons. The van der Waals surface area contributed by atoms with Crippen molar-refractivity contribution >= 4 is 11.8 Å². The summed E-state index contributed by atoms with van der Waals surface area (Å²) in [4.78, 5) is 8.09. The first-order valence-corrected chi connectivity index (χ1v) is 8.98.